The molecule has 4 heteroatoms. The second-order valence-electron chi connectivity index (χ2n) is 4.99. The van der Waals surface area contributed by atoms with Crippen molar-refractivity contribution in [2.45, 2.75) is 6.92 Å². The van der Waals surface area contributed by atoms with Crippen LogP contribution >= 0.6 is 0 Å². The van der Waals surface area contributed by atoms with Gasteiger partial charge >= 0.3 is 0 Å². The molecule has 0 atom stereocenters. The summed E-state index contributed by atoms with van der Waals surface area (Å²) in [5, 5.41) is 9.47. The molecule has 3 rings (SSSR count). The van der Waals surface area contributed by atoms with E-state index in [4.69, 9.17) is 14.2 Å². The quantitative estimate of drug-likeness (QED) is 0.638. The monoisotopic (exact) mass is 293 g/mol. The lowest BCUT2D eigenvalue weighted by Gasteiger charge is -2.08. The Morgan fingerprint density at radius 2 is 2.00 bits per heavy atom. The maximum atomic E-state index is 9.47. The Morgan fingerprint density at radius 1 is 1.23 bits per heavy atom. The molecule has 0 bridgehead atoms. The van der Waals surface area contributed by atoms with E-state index < -0.39 is 0 Å². The maximum Gasteiger partial charge on any atom is 0.231 e. The summed E-state index contributed by atoms with van der Waals surface area (Å²) in [6.07, 6.45) is 1.80. The molecule has 1 aliphatic rings. The number of hydrogen-bond acceptors (Lipinski definition) is 4. The van der Waals surface area contributed by atoms with Crippen LogP contribution in [0.3, 0.4) is 0 Å². The van der Waals surface area contributed by atoms with Gasteiger partial charge in [-0.3, -0.25) is 0 Å². The Bertz CT molecular complexity index is 787. The van der Waals surface area contributed by atoms with E-state index in [1.54, 1.807) is 19.3 Å². The summed E-state index contributed by atoms with van der Waals surface area (Å²) in [5.74, 6) is 1.96. The molecule has 0 unspecified atom stereocenters. The minimum atomic E-state index is 0.203. The lowest BCUT2D eigenvalue weighted by molar-refractivity contribution is 0.174. The average molecular weight is 293 g/mol. The van der Waals surface area contributed by atoms with Gasteiger partial charge in [-0.1, -0.05) is 29.8 Å². The van der Waals surface area contributed by atoms with Crippen molar-refractivity contribution in [1.82, 2.24) is 0 Å². The number of benzene rings is 2. The third kappa shape index (κ3) is 2.61. The van der Waals surface area contributed by atoms with E-state index in [-0.39, 0.29) is 6.79 Å². The first kappa shape index (κ1) is 14.0. The normalized spacial score (nSPS) is 12.9. The summed E-state index contributed by atoms with van der Waals surface area (Å²) in [5.41, 5.74) is 3.34. The van der Waals surface area contributed by atoms with Crippen LogP contribution in [0.25, 0.3) is 11.6 Å². The molecule has 0 amide bonds. The highest BCUT2D eigenvalue weighted by molar-refractivity contribution is 5.91. The van der Waals surface area contributed by atoms with Crippen LogP contribution in [0.5, 0.6) is 17.2 Å². The first-order valence-electron chi connectivity index (χ1n) is 6.87. The fourth-order valence-electron chi connectivity index (χ4n) is 2.38. The van der Waals surface area contributed by atoms with E-state index in [1.807, 2.05) is 37.3 Å². The molecule has 2 aromatic carbocycles. The highest BCUT2D eigenvalue weighted by atomic mass is 16.7. The van der Waals surface area contributed by atoms with Gasteiger partial charge in [0.25, 0.3) is 0 Å². The maximum absolute atomic E-state index is 9.47. The third-order valence-electron chi connectivity index (χ3n) is 3.47. The largest absolute Gasteiger partial charge is 0.496 e. The second kappa shape index (κ2) is 5.82. The molecule has 0 saturated carbocycles. The summed E-state index contributed by atoms with van der Waals surface area (Å²) in [6.45, 7) is 2.20. The highest BCUT2D eigenvalue weighted by Crippen LogP contribution is 2.39. The number of methoxy groups -OCH3 is 1. The van der Waals surface area contributed by atoms with Crippen LogP contribution in [-0.4, -0.2) is 13.9 Å². The van der Waals surface area contributed by atoms with Crippen LogP contribution in [0.1, 0.15) is 16.7 Å². The van der Waals surface area contributed by atoms with E-state index in [9.17, 15) is 5.26 Å². The molecule has 0 fully saturated rings. The first-order valence-corrected chi connectivity index (χ1v) is 6.87. The zero-order chi connectivity index (χ0) is 15.5. The molecule has 110 valence electrons. The molecule has 22 heavy (non-hydrogen) atoms. The van der Waals surface area contributed by atoms with E-state index in [2.05, 4.69) is 6.07 Å². The first-order chi connectivity index (χ1) is 10.7. The molecular formula is C18H15NO3. The summed E-state index contributed by atoms with van der Waals surface area (Å²) in [6, 6.07) is 13.7. The molecule has 0 radical (unpaired) electrons. The topological polar surface area (TPSA) is 51.5 Å². The van der Waals surface area contributed by atoms with E-state index in [0.29, 0.717) is 22.8 Å². The van der Waals surface area contributed by atoms with Crippen molar-refractivity contribution in [2.24, 2.45) is 0 Å². The van der Waals surface area contributed by atoms with Crippen LogP contribution in [0.2, 0.25) is 0 Å². The predicted octanol–water partition coefficient (Wildman–Crippen LogP) is 3.80. The van der Waals surface area contributed by atoms with Gasteiger partial charge in [0.05, 0.1) is 18.8 Å². The van der Waals surface area contributed by atoms with E-state index in [1.165, 1.54) is 0 Å². The summed E-state index contributed by atoms with van der Waals surface area (Å²) < 4.78 is 16.1. The Kier molecular flexibility index (Phi) is 3.71. The van der Waals surface area contributed by atoms with Gasteiger partial charge in [0.15, 0.2) is 11.5 Å². The van der Waals surface area contributed by atoms with E-state index in [0.717, 1.165) is 16.7 Å². The molecule has 0 aliphatic carbocycles. The Hall–Kier alpha value is -2.93. The second-order valence-corrected chi connectivity index (χ2v) is 4.99. The summed E-state index contributed by atoms with van der Waals surface area (Å²) in [7, 11) is 1.59. The van der Waals surface area contributed by atoms with Crippen LogP contribution in [-0.2, 0) is 0 Å². The Balaban J connectivity index is 2.08. The predicted molar refractivity (Wildman–Crippen MR) is 83.8 cm³/mol. The molecule has 0 saturated heterocycles. The van der Waals surface area contributed by atoms with Gasteiger partial charge < -0.3 is 14.2 Å². The Morgan fingerprint density at radius 3 is 2.68 bits per heavy atom. The van der Waals surface area contributed by atoms with Gasteiger partial charge in [-0.25, -0.2) is 0 Å². The van der Waals surface area contributed by atoms with Crippen molar-refractivity contribution in [1.29, 1.82) is 5.26 Å². The Labute approximate surface area is 129 Å². The zero-order valence-corrected chi connectivity index (χ0v) is 12.4. The van der Waals surface area contributed by atoms with Gasteiger partial charge in [0, 0.05) is 11.6 Å². The van der Waals surface area contributed by atoms with Gasteiger partial charge in [0.2, 0.25) is 6.79 Å². The molecule has 2 aromatic rings. The van der Waals surface area contributed by atoms with Gasteiger partial charge in [-0.15, -0.1) is 0 Å². The van der Waals surface area contributed by atoms with Gasteiger partial charge in [-0.2, -0.15) is 5.26 Å². The van der Waals surface area contributed by atoms with Crippen molar-refractivity contribution < 1.29 is 14.2 Å². The number of hydrogen-bond donors (Lipinski definition) is 0. The lowest BCUT2D eigenvalue weighted by Crippen LogP contribution is -1.92. The molecule has 4 nitrogen and oxygen atoms in total. The smallest absolute Gasteiger partial charge is 0.231 e. The molecule has 0 aromatic heterocycles. The third-order valence-corrected chi connectivity index (χ3v) is 3.47. The summed E-state index contributed by atoms with van der Waals surface area (Å²) in [4.78, 5) is 0. The van der Waals surface area contributed by atoms with Crippen LogP contribution in [0.15, 0.2) is 36.4 Å². The number of allylic oxidation sites excluding steroid dienone is 1. The van der Waals surface area contributed by atoms with Crippen molar-refractivity contribution in [3.05, 3.63) is 53.1 Å². The minimum Gasteiger partial charge on any atom is -0.496 e. The number of nitriles is 1. The fourth-order valence-corrected chi connectivity index (χ4v) is 2.38. The molecule has 1 aliphatic heterocycles. The van der Waals surface area contributed by atoms with Crippen molar-refractivity contribution in [3.63, 3.8) is 0 Å². The van der Waals surface area contributed by atoms with Gasteiger partial charge in [-0.05, 0) is 24.6 Å². The lowest BCUT2D eigenvalue weighted by atomic mass is 10.0. The summed E-state index contributed by atoms with van der Waals surface area (Å²) >= 11 is 0. The zero-order valence-electron chi connectivity index (χ0n) is 12.4. The molecule has 0 spiro atoms. The SMILES string of the molecule is COc1cc2c(cc1/C=C(\C#N)c1cccc(C)c1)OCO2. The highest BCUT2D eigenvalue weighted by Gasteiger charge is 2.17. The van der Waals surface area contributed by atoms with Gasteiger partial charge in [0.1, 0.15) is 5.75 Å². The molecular weight excluding hydrogens is 278 g/mol. The molecule has 0 N–H and O–H groups in total. The average Bonchev–Trinajstić information content (AvgIpc) is 2.98. The number of aryl methyl sites for hydroxylation is 1. The van der Waals surface area contributed by atoms with Crippen molar-refractivity contribution >= 4 is 11.6 Å². The molecule has 1 heterocycles. The van der Waals surface area contributed by atoms with Crippen molar-refractivity contribution in [3.8, 4) is 23.3 Å². The minimum absolute atomic E-state index is 0.203. The fraction of sp³-hybridized carbons (Fsp3) is 0.167. The number of ether oxygens (including phenoxy) is 3. The van der Waals surface area contributed by atoms with E-state index >= 15 is 0 Å². The van der Waals surface area contributed by atoms with Crippen LogP contribution in [0.4, 0.5) is 0 Å². The number of nitrogens with zero attached hydrogens (tertiary/aromatic N) is 1. The number of rotatable bonds is 3. The standard InChI is InChI=1S/C18H15NO3/c1-12-4-3-5-13(6-12)15(10-19)7-14-8-17-18(22-11-21-17)9-16(14)20-2/h3-9H,11H2,1-2H3/b15-7+. The van der Waals surface area contributed by atoms with Crippen molar-refractivity contribution in [2.75, 3.05) is 13.9 Å². The number of fused-ring (bicyclic) bond motifs is 1. The van der Waals surface area contributed by atoms with Crippen LogP contribution < -0.4 is 14.2 Å². The van der Waals surface area contributed by atoms with Crippen LogP contribution in [0, 0.1) is 18.3 Å².